The Balaban J connectivity index is 1.59. The van der Waals surface area contributed by atoms with E-state index in [-0.39, 0.29) is 17.2 Å². The predicted octanol–water partition coefficient (Wildman–Crippen LogP) is 3.66. The molecule has 26 heavy (non-hydrogen) atoms. The summed E-state index contributed by atoms with van der Waals surface area (Å²) in [5.74, 6) is -0.851. The van der Waals surface area contributed by atoms with Gasteiger partial charge in [0.2, 0.25) is 0 Å². The molecule has 0 saturated carbocycles. The minimum absolute atomic E-state index is 0.0851. The minimum atomic E-state index is -0.529. The van der Waals surface area contributed by atoms with E-state index < -0.39 is 11.7 Å². The van der Waals surface area contributed by atoms with Crippen LogP contribution in [0.4, 0.5) is 20.3 Å². The van der Waals surface area contributed by atoms with E-state index in [9.17, 15) is 13.6 Å². The van der Waals surface area contributed by atoms with E-state index in [1.54, 1.807) is 24.3 Å². The fourth-order valence-corrected chi connectivity index (χ4v) is 2.31. The van der Waals surface area contributed by atoms with E-state index in [0.29, 0.717) is 18.8 Å². The number of carbonyl (C=O) groups is 1. The first-order valence-electron chi connectivity index (χ1n) is 7.98. The quantitative estimate of drug-likeness (QED) is 0.709. The molecule has 1 heterocycles. The first-order valence-corrected chi connectivity index (χ1v) is 7.98. The number of nitrogens with one attached hydrogen (secondary N) is 2. The van der Waals surface area contributed by atoms with E-state index in [2.05, 4.69) is 20.6 Å². The highest BCUT2D eigenvalue weighted by Crippen LogP contribution is 2.14. The highest BCUT2D eigenvalue weighted by atomic mass is 19.1. The molecule has 7 heteroatoms. The molecule has 132 valence electrons. The lowest BCUT2D eigenvalue weighted by atomic mass is 10.1. The van der Waals surface area contributed by atoms with E-state index in [1.807, 2.05) is 0 Å². The normalized spacial score (nSPS) is 10.4. The van der Waals surface area contributed by atoms with Crippen LogP contribution in [0.25, 0.3) is 0 Å². The van der Waals surface area contributed by atoms with Gasteiger partial charge in [-0.2, -0.15) is 0 Å². The van der Waals surface area contributed by atoms with Gasteiger partial charge in [-0.15, -0.1) is 0 Å². The van der Waals surface area contributed by atoms with Crippen molar-refractivity contribution >= 4 is 17.4 Å². The zero-order valence-electron chi connectivity index (χ0n) is 13.7. The van der Waals surface area contributed by atoms with Gasteiger partial charge >= 0.3 is 0 Å². The number of amides is 1. The Morgan fingerprint density at radius 2 is 1.77 bits per heavy atom. The van der Waals surface area contributed by atoms with Gasteiger partial charge in [0, 0.05) is 12.6 Å². The van der Waals surface area contributed by atoms with Crippen molar-refractivity contribution in [3.63, 3.8) is 0 Å². The number of benzene rings is 2. The average molecular weight is 354 g/mol. The average Bonchev–Trinajstić information content (AvgIpc) is 2.65. The number of anilines is 2. The third-order valence-electron chi connectivity index (χ3n) is 3.65. The molecule has 3 rings (SSSR count). The minimum Gasteiger partial charge on any atom is -0.370 e. The monoisotopic (exact) mass is 354 g/mol. The Morgan fingerprint density at radius 3 is 2.54 bits per heavy atom. The Labute approximate surface area is 149 Å². The lowest BCUT2D eigenvalue weighted by Crippen LogP contribution is -2.16. The number of carbonyl (C=O) groups excluding carboxylic acids is 1. The van der Waals surface area contributed by atoms with Crippen molar-refractivity contribution in [1.29, 1.82) is 0 Å². The van der Waals surface area contributed by atoms with Crippen molar-refractivity contribution in [2.75, 3.05) is 17.2 Å². The topological polar surface area (TPSA) is 66.9 Å². The molecule has 0 aliphatic heterocycles. The van der Waals surface area contributed by atoms with Crippen LogP contribution in [-0.2, 0) is 6.42 Å². The van der Waals surface area contributed by atoms with Crippen molar-refractivity contribution in [2.45, 2.75) is 6.42 Å². The maximum absolute atomic E-state index is 13.6. The molecule has 5 nitrogen and oxygen atoms in total. The number of para-hydroxylation sites is 1. The van der Waals surface area contributed by atoms with Crippen molar-refractivity contribution in [3.8, 4) is 0 Å². The smallest absolute Gasteiger partial charge is 0.274 e. The molecule has 2 N–H and O–H groups in total. The molecule has 0 bridgehead atoms. The summed E-state index contributed by atoms with van der Waals surface area (Å²) in [6.07, 6.45) is 1.93. The van der Waals surface area contributed by atoms with E-state index in [0.717, 1.165) is 5.56 Å². The number of hydrogen-bond donors (Lipinski definition) is 2. The molecular weight excluding hydrogens is 338 g/mol. The first kappa shape index (κ1) is 17.5. The molecular formula is C19H16F2N4O. The van der Waals surface area contributed by atoms with E-state index >= 15 is 0 Å². The maximum Gasteiger partial charge on any atom is 0.274 e. The largest absolute Gasteiger partial charge is 0.370 e. The van der Waals surface area contributed by atoms with Crippen LogP contribution >= 0.6 is 0 Å². The number of hydrogen-bond acceptors (Lipinski definition) is 4. The molecule has 0 unspecified atom stereocenters. The number of rotatable bonds is 6. The lowest BCUT2D eigenvalue weighted by Gasteiger charge is -2.08. The van der Waals surface area contributed by atoms with Gasteiger partial charge in [0.05, 0.1) is 5.69 Å². The summed E-state index contributed by atoms with van der Waals surface area (Å²) in [6, 6.07) is 13.6. The van der Waals surface area contributed by atoms with Crippen LogP contribution in [0, 0.1) is 11.6 Å². The highest BCUT2D eigenvalue weighted by Gasteiger charge is 2.11. The zero-order valence-corrected chi connectivity index (χ0v) is 13.7. The van der Waals surface area contributed by atoms with Crippen molar-refractivity contribution in [2.24, 2.45) is 0 Å². The summed E-state index contributed by atoms with van der Waals surface area (Å²) in [7, 11) is 0. The maximum atomic E-state index is 13.6. The van der Waals surface area contributed by atoms with Gasteiger partial charge < -0.3 is 10.6 Å². The van der Waals surface area contributed by atoms with Crippen molar-refractivity contribution < 1.29 is 13.6 Å². The molecule has 1 amide bonds. The second kappa shape index (κ2) is 8.15. The van der Waals surface area contributed by atoms with Gasteiger partial charge in [-0.25, -0.2) is 18.7 Å². The summed E-state index contributed by atoms with van der Waals surface area (Å²) in [5.41, 5.74) is 1.18. The van der Waals surface area contributed by atoms with Gasteiger partial charge in [-0.05, 0) is 36.2 Å². The lowest BCUT2D eigenvalue weighted by molar-refractivity contribution is 0.102. The van der Waals surface area contributed by atoms with Gasteiger partial charge in [0.25, 0.3) is 5.91 Å². The van der Waals surface area contributed by atoms with Crippen LogP contribution in [0.3, 0.4) is 0 Å². The number of nitrogens with zero attached hydrogens (tertiary/aromatic N) is 2. The van der Waals surface area contributed by atoms with Crippen LogP contribution in [0.15, 0.2) is 60.9 Å². The van der Waals surface area contributed by atoms with Gasteiger partial charge in [0.15, 0.2) is 0 Å². The van der Waals surface area contributed by atoms with Crippen LogP contribution < -0.4 is 10.6 Å². The molecule has 0 saturated heterocycles. The van der Waals surface area contributed by atoms with Gasteiger partial charge in [0.1, 0.15) is 29.5 Å². The second-order valence-corrected chi connectivity index (χ2v) is 5.53. The molecule has 0 aliphatic rings. The van der Waals surface area contributed by atoms with Crippen LogP contribution in [0.2, 0.25) is 0 Å². The third-order valence-corrected chi connectivity index (χ3v) is 3.65. The Kier molecular flexibility index (Phi) is 5.48. The molecule has 2 aromatic carbocycles. The second-order valence-electron chi connectivity index (χ2n) is 5.53. The van der Waals surface area contributed by atoms with Gasteiger partial charge in [-0.1, -0.05) is 24.3 Å². The predicted molar refractivity (Wildman–Crippen MR) is 95.0 cm³/mol. The van der Waals surface area contributed by atoms with Gasteiger partial charge in [-0.3, -0.25) is 4.79 Å². The van der Waals surface area contributed by atoms with Crippen molar-refractivity contribution in [3.05, 3.63) is 83.8 Å². The SMILES string of the molecule is O=C(Nc1ccccc1F)c1cc(NCCc2ccc(F)cc2)ncn1. The van der Waals surface area contributed by atoms with E-state index in [4.69, 9.17) is 0 Å². The molecule has 1 aromatic heterocycles. The van der Waals surface area contributed by atoms with Crippen LogP contribution in [0.5, 0.6) is 0 Å². The Morgan fingerprint density at radius 1 is 1.00 bits per heavy atom. The summed E-state index contributed by atoms with van der Waals surface area (Å²) in [6.45, 7) is 0.553. The molecule has 0 spiro atoms. The van der Waals surface area contributed by atoms with Crippen molar-refractivity contribution in [1.82, 2.24) is 9.97 Å². The summed E-state index contributed by atoms with van der Waals surface area (Å²) in [4.78, 5) is 20.2. The first-order chi connectivity index (χ1) is 12.6. The highest BCUT2D eigenvalue weighted by molar-refractivity contribution is 6.03. The van der Waals surface area contributed by atoms with Crippen LogP contribution in [-0.4, -0.2) is 22.4 Å². The summed E-state index contributed by atoms with van der Waals surface area (Å²) < 4.78 is 26.5. The standard InChI is InChI=1S/C19H16F2N4O/c20-14-7-5-13(6-8-14)9-10-22-18-11-17(23-12-24-18)19(26)25-16-4-2-1-3-15(16)21/h1-8,11-12H,9-10H2,(H,25,26)(H,22,23,24). The molecule has 3 aromatic rings. The van der Waals surface area contributed by atoms with Crippen LogP contribution in [0.1, 0.15) is 16.1 Å². The molecule has 0 fully saturated rings. The molecule has 0 aliphatic carbocycles. The molecule has 0 radical (unpaired) electrons. The number of aromatic nitrogens is 2. The zero-order chi connectivity index (χ0) is 18.4. The fraction of sp³-hybridized carbons (Fsp3) is 0.105. The Bertz CT molecular complexity index is 900. The molecule has 0 atom stereocenters. The summed E-state index contributed by atoms with van der Waals surface area (Å²) in [5, 5.41) is 5.55. The summed E-state index contributed by atoms with van der Waals surface area (Å²) >= 11 is 0. The number of halogens is 2. The Hall–Kier alpha value is -3.35. The fourth-order valence-electron chi connectivity index (χ4n) is 2.31. The third kappa shape index (κ3) is 4.60. The van der Waals surface area contributed by atoms with E-state index in [1.165, 1.54) is 36.7 Å².